The fraction of sp³-hybridized carbons (Fsp3) is 0.250. The Morgan fingerprint density at radius 1 is 1.14 bits per heavy atom. The van der Waals surface area contributed by atoms with E-state index >= 15 is 0 Å². The molecule has 21 heavy (non-hydrogen) atoms. The van der Waals surface area contributed by atoms with Gasteiger partial charge in [0, 0.05) is 16.7 Å². The maximum atomic E-state index is 13.3. The molecule has 0 aromatic heterocycles. The Morgan fingerprint density at radius 2 is 1.76 bits per heavy atom. The minimum absolute atomic E-state index is 0.0677. The molecule has 2 nitrogen and oxygen atoms in total. The summed E-state index contributed by atoms with van der Waals surface area (Å²) in [5, 5.41) is 3.41. The average Bonchev–Trinajstić information content (AvgIpc) is 2.45. The molecule has 112 valence electrons. The summed E-state index contributed by atoms with van der Waals surface area (Å²) in [4.78, 5) is 0. The fourth-order valence-electron chi connectivity index (χ4n) is 2.24. The maximum Gasteiger partial charge on any atom is 0.137 e. The van der Waals surface area contributed by atoms with Crippen LogP contribution in [0.3, 0.4) is 0 Å². The Bertz CT molecular complexity index is 636. The molecule has 0 spiro atoms. The topological polar surface area (TPSA) is 38.0 Å². The SMILES string of the molecule is Cc1cc(NC(CN)c2ccc(F)c(Br)c2)cc(C)c1Br. The summed E-state index contributed by atoms with van der Waals surface area (Å²) >= 11 is 6.77. The lowest BCUT2D eigenvalue weighted by Gasteiger charge is -2.20. The van der Waals surface area contributed by atoms with E-state index in [1.54, 1.807) is 12.1 Å². The van der Waals surface area contributed by atoms with Crippen molar-refractivity contribution in [2.75, 3.05) is 11.9 Å². The van der Waals surface area contributed by atoms with Crippen molar-refractivity contribution < 1.29 is 4.39 Å². The van der Waals surface area contributed by atoms with E-state index in [-0.39, 0.29) is 11.9 Å². The third-order valence-corrected chi connectivity index (χ3v) is 5.22. The normalized spacial score (nSPS) is 12.3. The second-order valence-electron chi connectivity index (χ2n) is 5.03. The summed E-state index contributed by atoms with van der Waals surface area (Å²) < 4.78 is 14.9. The number of halogens is 3. The van der Waals surface area contributed by atoms with Gasteiger partial charge in [0.15, 0.2) is 0 Å². The maximum absolute atomic E-state index is 13.3. The Labute approximate surface area is 141 Å². The predicted molar refractivity (Wildman–Crippen MR) is 93.1 cm³/mol. The third kappa shape index (κ3) is 3.84. The monoisotopic (exact) mass is 414 g/mol. The largest absolute Gasteiger partial charge is 0.377 e. The van der Waals surface area contributed by atoms with Gasteiger partial charge in [0.25, 0.3) is 0 Å². The van der Waals surface area contributed by atoms with Gasteiger partial charge in [0.2, 0.25) is 0 Å². The Morgan fingerprint density at radius 3 is 2.29 bits per heavy atom. The summed E-state index contributed by atoms with van der Waals surface area (Å²) in [6.07, 6.45) is 0. The zero-order chi connectivity index (χ0) is 15.6. The first-order valence-electron chi connectivity index (χ1n) is 6.60. The minimum atomic E-state index is -0.273. The van der Waals surface area contributed by atoms with Crippen LogP contribution in [0.4, 0.5) is 10.1 Å². The number of anilines is 1. The van der Waals surface area contributed by atoms with Crippen molar-refractivity contribution in [2.45, 2.75) is 19.9 Å². The quantitative estimate of drug-likeness (QED) is 0.730. The molecule has 0 aliphatic heterocycles. The molecule has 1 unspecified atom stereocenters. The average molecular weight is 416 g/mol. The molecule has 0 aliphatic rings. The number of rotatable bonds is 4. The summed E-state index contributed by atoms with van der Waals surface area (Å²) in [6, 6.07) is 9.03. The van der Waals surface area contributed by atoms with Crippen molar-refractivity contribution in [3.63, 3.8) is 0 Å². The molecule has 0 heterocycles. The molecule has 2 rings (SSSR count). The van der Waals surface area contributed by atoms with E-state index in [4.69, 9.17) is 5.73 Å². The summed E-state index contributed by atoms with van der Waals surface area (Å²) in [5.74, 6) is -0.273. The van der Waals surface area contributed by atoms with Crippen molar-refractivity contribution in [2.24, 2.45) is 5.73 Å². The lowest BCUT2D eigenvalue weighted by Crippen LogP contribution is -2.20. The van der Waals surface area contributed by atoms with E-state index in [1.165, 1.54) is 6.07 Å². The van der Waals surface area contributed by atoms with E-state index in [0.717, 1.165) is 26.9 Å². The molecule has 0 amide bonds. The van der Waals surface area contributed by atoms with Crippen LogP contribution in [0.1, 0.15) is 22.7 Å². The van der Waals surface area contributed by atoms with Crippen LogP contribution in [0.2, 0.25) is 0 Å². The molecule has 2 aromatic rings. The fourth-order valence-corrected chi connectivity index (χ4v) is 2.86. The highest BCUT2D eigenvalue weighted by atomic mass is 79.9. The summed E-state index contributed by atoms with van der Waals surface area (Å²) in [6.45, 7) is 4.52. The van der Waals surface area contributed by atoms with Crippen LogP contribution in [-0.2, 0) is 0 Å². The molecular weight excluding hydrogens is 399 g/mol. The van der Waals surface area contributed by atoms with Crippen LogP contribution in [0.15, 0.2) is 39.3 Å². The molecule has 0 fully saturated rings. The predicted octanol–water partition coefficient (Wildman–Crippen LogP) is 5.08. The summed E-state index contributed by atoms with van der Waals surface area (Å²) in [5.41, 5.74) is 10.1. The number of hydrogen-bond acceptors (Lipinski definition) is 2. The molecule has 1 atom stereocenters. The lowest BCUT2D eigenvalue weighted by molar-refractivity contribution is 0.619. The van der Waals surface area contributed by atoms with Gasteiger partial charge in [-0.05, 0) is 70.7 Å². The van der Waals surface area contributed by atoms with Crippen molar-refractivity contribution in [3.05, 3.63) is 61.8 Å². The molecule has 0 aliphatic carbocycles. The van der Waals surface area contributed by atoms with Gasteiger partial charge >= 0.3 is 0 Å². The molecule has 0 saturated heterocycles. The molecule has 5 heteroatoms. The summed E-state index contributed by atoms with van der Waals surface area (Å²) in [7, 11) is 0. The Hall–Kier alpha value is -0.910. The molecule has 2 aromatic carbocycles. The van der Waals surface area contributed by atoms with E-state index in [9.17, 15) is 4.39 Å². The highest BCUT2D eigenvalue weighted by Gasteiger charge is 2.12. The number of nitrogens with two attached hydrogens (primary N) is 1. The van der Waals surface area contributed by atoms with Gasteiger partial charge in [-0.3, -0.25) is 0 Å². The van der Waals surface area contributed by atoms with Gasteiger partial charge in [-0.2, -0.15) is 0 Å². The Kier molecular flexibility index (Phi) is 5.41. The zero-order valence-corrected chi connectivity index (χ0v) is 15.1. The van der Waals surface area contributed by atoms with Crippen LogP contribution in [0, 0.1) is 19.7 Å². The van der Waals surface area contributed by atoms with Crippen LogP contribution in [0.25, 0.3) is 0 Å². The first-order chi connectivity index (χ1) is 9.92. The van der Waals surface area contributed by atoms with Crippen LogP contribution in [-0.4, -0.2) is 6.54 Å². The van der Waals surface area contributed by atoms with Crippen molar-refractivity contribution >= 4 is 37.5 Å². The smallest absolute Gasteiger partial charge is 0.137 e. The highest BCUT2D eigenvalue weighted by Crippen LogP contribution is 2.28. The highest BCUT2D eigenvalue weighted by molar-refractivity contribution is 9.10. The number of aryl methyl sites for hydroxylation is 2. The van der Waals surface area contributed by atoms with E-state index in [1.807, 2.05) is 13.8 Å². The van der Waals surface area contributed by atoms with Gasteiger partial charge in [-0.15, -0.1) is 0 Å². The first-order valence-corrected chi connectivity index (χ1v) is 8.19. The van der Waals surface area contributed by atoms with Crippen molar-refractivity contribution in [3.8, 4) is 0 Å². The third-order valence-electron chi connectivity index (χ3n) is 3.36. The lowest BCUT2D eigenvalue weighted by atomic mass is 10.1. The van der Waals surface area contributed by atoms with Gasteiger partial charge in [-0.1, -0.05) is 22.0 Å². The zero-order valence-electron chi connectivity index (χ0n) is 11.9. The van der Waals surface area contributed by atoms with Crippen molar-refractivity contribution in [1.29, 1.82) is 0 Å². The van der Waals surface area contributed by atoms with Gasteiger partial charge in [-0.25, -0.2) is 4.39 Å². The van der Waals surface area contributed by atoms with Crippen LogP contribution >= 0.6 is 31.9 Å². The van der Waals surface area contributed by atoms with Gasteiger partial charge in [0.1, 0.15) is 5.82 Å². The molecule has 0 saturated carbocycles. The molecule has 3 N–H and O–H groups in total. The van der Waals surface area contributed by atoms with Crippen molar-refractivity contribution in [1.82, 2.24) is 0 Å². The number of hydrogen-bond donors (Lipinski definition) is 2. The van der Waals surface area contributed by atoms with E-state index in [0.29, 0.717) is 11.0 Å². The Balaban J connectivity index is 2.28. The van der Waals surface area contributed by atoms with Crippen LogP contribution in [0.5, 0.6) is 0 Å². The van der Waals surface area contributed by atoms with E-state index < -0.39 is 0 Å². The van der Waals surface area contributed by atoms with Crippen LogP contribution < -0.4 is 11.1 Å². The van der Waals surface area contributed by atoms with Gasteiger partial charge in [0.05, 0.1) is 10.5 Å². The second kappa shape index (κ2) is 6.90. The number of nitrogens with one attached hydrogen (secondary N) is 1. The number of benzene rings is 2. The minimum Gasteiger partial charge on any atom is -0.377 e. The molecule has 0 radical (unpaired) electrons. The standard InChI is InChI=1S/C16H17Br2FN2/c1-9-5-12(6-10(2)16(9)18)21-15(8-20)11-3-4-14(19)13(17)7-11/h3-7,15,21H,8,20H2,1-2H3. The first kappa shape index (κ1) is 16.5. The molecular formula is C16H17Br2FN2. The molecule has 0 bridgehead atoms. The van der Waals surface area contributed by atoms with Gasteiger partial charge < -0.3 is 11.1 Å². The van der Waals surface area contributed by atoms with E-state index in [2.05, 4.69) is 49.3 Å². The second-order valence-corrected chi connectivity index (χ2v) is 6.68.